The van der Waals surface area contributed by atoms with Gasteiger partial charge >= 0.3 is 0 Å². The molecule has 1 aromatic heterocycles. The van der Waals surface area contributed by atoms with E-state index in [1.165, 1.54) is 40.0 Å². The fraction of sp³-hybridized carbons (Fsp3) is 0.556. The smallest absolute Gasteiger partial charge is 0.0468 e. The number of hydrogen-bond acceptors (Lipinski definition) is 3. The highest BCUT2D eigenvalue weighted by Crippen LogP contribution is 2.33. The number of nitrogens with one attached hydrogen (secondary N) is 1. The van der Waals surface area contributed by atoms with Gasteiger partial charge in [0.2, 0.25) is 0 Å². The van der Waals surface area contributed by atoms with Gasteiger partial charge in [0.05, 0.1) is 0 Å². The third kappa shape index (κ3) is 3.86. The van der Waals surface area contributed by atoms with Crippen LogP contribution in [0.1, 0.15) is 18.4 Å². The normalized spacial score (nSPS) is 16.7. The number of thioether (sulfide) groups is 1. The summed E-state index contributed by atoms with van der Waals surface area (Å²) in [4.78, 5) is 7.11. The fourth-order valence-electron chi connectivity index (χ4n) is 3.00. The van der Waals surface area contributed by atoms with Crippen LogP contribution in [-0.2, 0) is 11.2 Å². The highest BCUT2D eigenvalue weighted by atomic mass is 32.2. The molecule has 1 aromatic carbocycles. The monoisotopic (exact) mass is 318 g/mol. The minimum absolute atomic E-state index is 0.804. The van der Waals surface area contributed by atoms with E-state index in [0.717, 1.165) is 32.1 Å². The van der Waals surface area contributed by atoms with Crippen molar-refractivity contribution in [1.29, 1.82) is 0 Å². The zero-order valence-electron chi connectivity index (χ0n) is 13.6. The van der Waals surface area contributed by atoms with Crippen LogP contribution in [0.2, 0.25) is 0 Å². The second-order valence-electron chi connectivity index (χ2n) is 6.41. The molecule has 2 heterocycles. The predicted octanol–water partition coefficient (Wildman–Crippen LogP) is 3.79. The lowest BCUT2D eigenvalue weighted by molar-refractivity contribution is 0.0728. The number of aromatic amines is 1. The molecule has 1 N–H and O–H groups in total. The van der Waals surface area contributed by atoms with Crippen LogP contribution in [0.5, 0.6) is 0 Å². The molecule has 1 saturated heterocycles. The largest absolute Gasteiger partial charge is 0.381 e. The third-order valence-electron chi connectivity index (χ3n) is 4.39. The van der Waals surface area contributed by atoms with Crippen molar-refractivity contribution < 1.29 is 4.74 Å². The molecule has 3 rings (SSSR count). The minimum Gasteiger partial charge on any atom is -0.381 e. The van der Waals surface area contributed by atoms with Crippen LogP contribution in [-0.4, -0.2) is 49.5 Å². The molecule has 0 bridgehead atoms. The van der Waals surface area contributed by atoms with E-state index in [9.17, 15) is 0 Å². The van der Waals surface area contributed by atoms with Gasteiger partial charge in [-0.3, -0.25) is 0 Å². The second kappa shape index (κ2) is 7.53. The van der Waals surface area contributed by atoms with E-state index >= 15 is 0 Å². The molecule has 1 fully saturated rings. The van der Waals surface area contributed by atoms with Gasteiger partial charge in [-0.2, -0.15) is 0 Å². The van der Waals surface area contributed by atoms with E-state index in [2.05, 4.69) is 48.4 Å². The molecule has 22 heavy (non-hydrogen) atoms. The number of nitrogens with zero attached hydrogens (tertiary/aromatic N) is 1. The van der Waals surface area contributed by atoms with Crippen LogP contribution < -0.4 is 0 Å². The quantitative estimate of drug-likeness (QED) is 0.821. The Morgan fingerprint density at radius 3 is 2.86 bits per heavy atom. The van der Waals surface area contributed by atoms with Gasteiger partial charge in [-0.15, -0.1) is 11.8 Å². The number of hydrogen-bond donors (Lipinski definition) is 1. The Kier molecular flexibility index (Phi) is 5.45. The summed E-state index contributed by atoms with van der Waals surface area (Å²) < 4.78 is 5.46. The summed E-state index contributed by atoms with van der Waals surface area (Å²) in [5, 5.41) is 1.43. The number of fused-ring (bicyclic) bond motifs is 1. The highest BCUT2D eigenvalue weighted by Gasteiger charge is 2.15. The van der Waals surface area contributed by atoms with Crippen LogP contribution in [0.4, 0.5) is 0 Å². The van der Waals surface area contributed by atoms with E-state index in [-0.39, 0.29) is 0 Å². The number of H-pyrrole nitrogens is 1. The zero-order chi connectivity index (χ0) is 15.4. The second-order valence-corrected chi connectivity index (χ2v) is 7.47. The molecule has 0 amide bonds. The number of rotatable bonds is 6. The predicted molar refractivity (Wildman–Crippen MR) is 94.8 cm³/mol. The molecule has 120 valence electrons. The highest BCUT2D eigenvalue weighted by molar-refractivity contribution is 7.99. The van der Waals surface area contributed by atoms with E-state index in [1.807, 2.05) is 11.8 Å². The van der Waals surface area contributed by atoms with Crippen LogP contribution in [0.15, 0.2) is 29.3 Å². The topological polar surface area (TPSA) is 28.3 Å². The molecule has 0 atom stereocenters. The SMILES string of the molecule is CN(C)CCc1c[nH]c2cccc(SCC3CCOCC3)c12. The molecule has 3 nitrogen and oxygen atoms in total. The molecule has 2 aromatic rings. The maximum absolute atomic E-state index is 5.46. The van der Waals surface area contributed by atoms with Gasteiger partial charge < -0.3 is 14.6 Å². The fourth-order valence-corrected chi connectivity index (χ4v) is 4.31. The summed E-state index contributed by atoms with van der Waals surface area (Å²) in [6.07, 6.45) is 5.71. The van der Waals surface area contributed by atoms with E-state index in [0.29, 0.717) is 0 Å². The van der Waals surface area contributed by atoms with Gasteiger partial charge in [-0.05, 0) is 57.0 Å². The molecular weight excluding hydrogens is 292 g/mol. The van der Waals surface area contributed by atoms with Crippen molar-refractivity contribution >= 4 is 22.7 Å². The number of likely N-dealkylation sites (N-methyl/N-ethyl adjacent to an activating group) is 1. The molecule has 0 unspecified atom stereocenters. The Bertz CT molecular complexity index is 602. The van der Waals surface area contributed by atoms with Gasteiger partial charge in [-0.25, -0.2) is 0 Å². The maximum Gasteiger partial charge on any atom is 0.0468 e. The van der Waals surface area contributed by atoms with Crippen molar-refractivity contribution in [3.05, 3.63) is 30.0 Å². The molecule has 0 aliphatic carbocycles. The van der Waals surface area contributed by atoms with Crippen molar-refractivity contribution in [3.63, 3.8) is 0 Å². The van der Waals surface area contributed by atoms with E-state index < -0.39 is 0 Å². The van der Waals surface area contributed by atoms with Gasteiger partial charge in [-0.1, -0.05) is 6.07 Å². The Morgan fingerprint density at radius 1 is 1.27 bits per heavy atom. The molecular formula is C18H26N2OS. The molecule has 0 radical (unpaired) electrons. The van der Waals surface area contributed by atoms with Crippen LogP contribution in [0.3, 0.4) is 0 Å². The zero-order valence-corrected chi connectivity index (χ0v) is 14.4. The first-order chi connectivity index (χ1) is 10.7. The summed E-state index contributed by atoms with van der Waals surface area (Å²) in [5.41, 5.74) is 2.71. The summed E-state index contributed by atoms with van der Waals surface area (Å²) in [6, 6.07) is 6.63. The van der Waals surface area contributed by atoms with Crippen LogP contribution in [0.25, 0.3) is 10.9 Å². The van der Waals surface area contributed by atoms with E-state index in [4.69, 9.17) is 4.74 Å². The average Bonchev–Trinajstić information content (AvgIpc) is 2.96. The summed E-state index contributed by atoms with van der Waals surface area (Å²) in [7, 11) is 4.27. The van der Waals surface area contributed by atoms with E-state index in [1.54, 1.807) is 0 Å². The number of aromatic nitrogens is 1. The van der Waals surface area contributed by atoms with Crippen LogP contribution >= 0.6 is 11.8 Å². The van der Waals surface area contributed by atoms with Gasteiger partial charge in [0, 0.05) is 47.5 Å². The van der Waals surface area contributed by atoms with Gasteiger partial charge in [0.15, 0.2) is 0 Å². The Morgan fingerprint density at radius 2 is 2.09 bits per heavy atom. The third-order valence-corrected chi connectivity index (χ3v) is 5.68. The van der Waals surface area contributed by atoms with Crippen molar-refractivity contribution in [2.24, 2.45) is 5.92 Å². The molecule has 1 aliphatic heterocycles. The Labute approximate surface area is 137 Å². The summed E-state index contributed by atoms with van der Waals surface area (Å²) in [5.74, 6) is 2.01. The first-order valence-electron chi connectivity index (χ1n) is 8.18. The van der Waals surface area contributed by atoms with Crippen LogP contribution in [0, 0.1) is 5.92 Å². The van der Waals surface area contributed by atoms with Gasteiger partial charge in [0.1, 0.15) is 0 Å². The Balaban J connectivity index is 1.74. The van der Waals surface area contributed by atoms with Crippen molar-refractivity contribution in [1.82, 2.24) is 9.88 Å². The van der Waals surface area contributed by atoms with Crippen molar-refractivity contribution in [3.8, 4) is 0 Å². The lowest BCUT2D eigenvalue weighted by Crippen LogP contribution is -2.17. The average molecular weight is 318 g/mol. The minimum atomic E-state index is 0.804. The molecule has 4 heteroatoms. The lowest BCUT2D eigenvalue weighted by Gasteiger charge is -2.21. The van der Waals surface area contributed by atoms with Gasteiger partial charge in [0.25, 0.3) is 0 Å². The first kappa shape index (κ1) is 15.9. The molecule has 1 aliphatic rings. The standard InChI is InChI=1S/C18H26N2OS/c1-20(2)9-6-15-12-19-16-4-3-5-17(18(15)16)22-13-14-7-10-21-11-8-14/h3-5,12,14,19H,6-11,13H2,1-2H3. The van der Waals surface area contributed by atoms with Crippen molar-refractivity contribution in [2.45, 2.75) is 24.2 Å². The molecule has 0 spiro atoms. The Hall–Kier alpha value is -0.970. The summed E-state index contributed by atoms with van der Waals surface area (Å²) in [6.45, 7) is 2.97. The van der Waals surface area contributed by atoms with Crippen molar-refractivity contribution in [2.75, 3.05) is 39.6 Å². The number of ether oxygens (including phenoxy) is 1. The summed E-state index contributed by atoms with van der Waals surface area (Å²) >= 11 is 2.02. The lowest BCUT2D eigenvalue weighted by atomic mass is 10.0. The number of benzene rings is 1. The first-order valence-corrected chi connectivity index (χ1v) is 9.17. The molecule has 0 saturated carbocycles. The maximum atomic E-state index is 5.46.